The number of carbonyl (C=O) groups excluding carboxylic acids is 1. The topological polar surface area (TPSA) is 38.3 Å². The van der Waals surface area contributed by atoms with Crippen LogP contribution in [0.3, 0.4) is 0 Å². The number of alkyl halides is 3. The lowest BCUT2D eigenvalue weighted by molar-refractivity contribution is -0.137. The normalized spacial score (nSPS) is 18.1. The molecular formula is C24H22F3NO2. The largest absolute Gasteiger partial charge is 0.444 e. The van der Waals surface area contributed by atoms with Crippen LogP contribution in [0, 0.1) is 17.8 Å². The van der Waals surface area contributed by atoms with E-state index in [9.17, 15) is 18.0 Å². The minimum absolute atomic E-state index is 0.366. The van der Waals surface area contributed by atoms with Gasteiger partial charge in [0, 0.05) is 5.56 Å². The van der Waals surface area contributed by atoms with E-state index in [1.165, 1.54) is 12.1 Å². The summed E-state index contributed by atoms with van der Waals surface area (Å²) in [6.07, 6.45) is -1.14. The molecule has 2 aromatic carbocycles. The Morgan fingerprint density at radius 1 is 1.03 bits per heavy atom. The predicted molar refractivity (Wildman–Crippen MR) is 109 cm³/mol. The lowest BCUT2D eigenvalue weighted by Gasteiger charge is -2.29. The molecule has 1 amide bonds. The van der Waals surface area contributed by atoms with Gasteiger partial charge < -0.3 is 10.1 Å². The van der Waals surface area contributed by atoms with E-state index in [0.717, 1.165) is 23.3 Å². The third-order valence-corrected chi connectivity index (χ3v) is 4.44. The summed E-state index contributed by atoms with van der Waals surface area (Å²) in [5, 5.41) is 2.88. The number of halogens is 3. The second-order valence-corrected chi connectivity index (χ2v) is 7.98. The first-order valence-corrected chi connectivity index (χ1v) is 9.48. The first-order chi connectivity index (χ1) is 14.0. The molecule has 156 valence electrons. The number of carbonyl (C=O) groups is 1. The Kier molecular flexibility index (Phi) is 5.93. The Morgan fingerprint density at radius 3 is 2.33 bits per heavy atom. The van der Waals surface area contributed by atoms with Crippen molar-refractivity contribution >= 4 is 12.2 Å². The Morgan fingerprint density at radius 2 is 1.70 bits per heavy atom. The van der Waals surface area contributed by atoms with Gasteiger partial charge in [0.2, 0.25) is 0 Å². The van der Waals surface area contributed by atoms with Gasteiger partial charge in [-0.1, -0.05) is 48.3 Å². The molecule has 2 atom stereocenters. The first-order valence-electron chi connectivity index (χ1n) is 9.48. The van der Waals surface area contributed by atoms with E-state index in [0.29, 0.717) is 5.56 Å². The van der Waals surface area contributed by atoms with Crippen molar-refractivity contribution in [3.05, 3.63) is 76.9 Å². The standard InChI is InChI=1S/C24H22F3NO2/c1-23(2,3)30-22(29)28-21-18(13-12-17-6-4-5-7-20(17)21)11-8-16-9-14-19(15-10-16)24(25,26)27/h4-7,9-10,12-15,18,21H,1-3H3,(H,28,29)/t18-,21-/m1/s1. The molecule has 0 aromatic heterocycles. The fourth-order valence-electron chi connectivity index (χ4n) is 3.10. The molecule has 30 heavy (non-hydrogen) atoms. The zero-order chi connectivity index (χ0) is 21.9. The molecule has 0 aliphatic heterocycles. The maximum absolute atomic E-state index is 12.7. The van der Waals surface area contributed by atoms with Crippen molar-refractivity contribution < 1.29 is 22.7 Å². The van der Waals surface area contributed by atoms with Crippen LogP contribution in [0.5, 0.6) is 0 Å². The molecule has 0 heterocycles. The lowest BCUT2D eigenvalue weighted by atomic mass is 9.85. The molecule has 2 aromatic rings. The Labute approximate surface area is 173 Å². The van der Waals surface area contributed by atoms with Crippen molar-refractivity contribution in [1.82, 2.24) is 5.32 Å². The van der Waals surface area contributed by atoms with Crippen molar-refractivity contribution in [1.29, 1.82) is 0 Å². The molecule has 0 spiro atoms. The first kappa shape index (κ1) is 21.5. The van der Waals surface area contributed by atoms with Gasteiger partial charge in [-0.2, -0.15) is 13.2 Å². The highest BCUT2D eigenvalue weighted by molar-refractivity contribution is 5.70. The second-order valence-electron chi connectivity index (χ2n) is 7.98. The molecule has 1 N–H and O–H groups in total. The molecular weight excluding hydrogens is 391 g/mol. The second kappa shape index (κ2) is 8.27. The number of fused-ring (bicyclic) bond motifs is 1. The molecule has 3 nitrogen and oxygen atoms in total. The summed E-state index contributed by atoms with van der Waals surface area (Å²) in [7, 11) is 0. The Balaban J connectivity index is 1.86. The van der Waals surface area contributed by atoms with Crippen molar-refractivity contribution in [3.63, 3.8) is 0 Å². The van der Waals surface area contributed by atoms with Crippen LogP contribution in [-0.2, 0) is 10.9 Å². The number of benzene rings is 2. The van der Waals surface area contributed by atoms with Gasteiger partial charge in [0.05, 0.1) is 17.5 Å². The summed E-state index contributed by atoms with van der Waals surface area (Å²) in [5.74, 6) is 5.62. The van der Waals surface area contributed by atoms with Crippen molar-refractivity contribution in [3.8, 4) is 11.8 Å². The van der Waals surface area contributed by atoms with Crippen LogP contribution in [0.25, 0.3) is 6.08 Å². The molecule has 0 unspecified atom stereocenters. The van der Waals surface area contributed by atoms with E-state index in [1.54, 1.807) is 20.8 Å². The summed E-state index contributed by atoms with van der Waals surface area (Å²) < 4.78 is 43.6. The molecule has 1 aliphatic rings. The molecule has 3 rings (SSSR count). The molecule has 0 fully saturated rings. The van der Waals surface area contributed by atoms with Crippen LogP contribution in [0.2, 0.25) is 0 Å². The Hall–Kier alpha value is -3.20. The fraction of sp³-hybridized carbons (Fsp3) is 0.292. The van der Waals surface area contributed by atoms with E-state index in [-0.39, 0.29) is 5.92 Å². The van der Waals surface area contributed by atoms with Gasteiger partial charge in [-0.3, -0.25) is 0 Å². The monoisotopic (exact) mass is 413 g/mol. The molecule has 1 aliphatic carbocycles. The highest BCUT2D eigenvalue weighted by Gasteiger charge is 2.30. The van der Waals surface area contributed by atoms with Gasteiger partial charge in [0.1, 0.15) is 5.60 Å². The third kappa shape index (κ3) is 5.44. The molecule has 0 radical (unpaired) electrons. The van der Waals surface area contributed by atoms with Crippen molar-refractivity contribution in [2.75, 3.05) is 0 Å². The maximum Gasteiger partial charge on any atom is 0.416 e. The molecule has 0 bridgehead atoms. The van der Waals surface area contributed by atoms with E-state index in [1.807, 2.05) is 36.4 Å². The van der Waals surface area contributed by atoms with Crippen LogP contribution in [0.1, 0.15) is 49.1 Å². The lowest BCUT2D eigenvalue weighted by Crippen LogP contribution is -2.38. The molecule has 0 saturated carbocycles. The van der Waals surface area contributed by atoms with Crippen LogP contribution in [-0.4, -0.2) is 11.7 Å². The number of hydrogen-bond donors (Lipinski definition) is 1. The molecule has 6 heteroatoms. The average molecular weight is 413 g/mol. The number of alkyl carbamates (subject to hydrolysis) is 1. The number of hydrogen-bond acceptors (Lipinski definition) is 2. The zero-order valence-corrected chi connectivity index (χ0v) is 16.9. The summed E-state index contributed by atoms with van der Waals surface area (Å²) in [6.45, 7) is 5.34. The fourth-order valence-corrected chi connectivity index (χ4v) is 3.10. The van der Waals surface area contributed by atoms with Crippen LogP contribution in [0.15, 0.2) is 54.6 Å². The summed E-state index contributed by atoms with van der Waals surface area (Å²) >= 11 is 0. The maximum atomic E-state index is 12.7. The summed E-state index contributed by atoms with van der Waals surface area (Å²) in [5.41, 5.74) is 0.967. The SMILES string of the molecule is CC(C)(C)OC(=O)N[C@H]1c2ccccc2C=C[C@H]1C#Cc1ccc(C(F)(F)F)cc1. The van der Waals surface area contributed by atoms with Crippen molar-refractivity contribution in [2.24, 2.45) is 5.92 Å². The minimum atomic E-state index is -4.38. The molecule has 0 saturated heterocycles. The van der Waals surface area contributed by atoms with Gasteiger partial charge in [-0.05, 0) is 56.2 Å². The number of ether oxygens (including phenoxy) is 1. The highest BCUT2D eigenvalue weighted by Crippen LogP contribution is 2.32. The van der Waals surface area contributed by atoms with E-state index in [4.69, 9.17) is 4.74 Å². The summed E-state index contributed by atoms with van der Waals surface area (Å²) in [6, 6.07) is 11.9. The van der Waals surface area contributed by atoms with Gasteiger partial charge in [0.15, 0.2) is 0 Å². The van der Waals surface area contributed by atoms with Gasteiger partial charge in [-0.25, -0.2) is 4.79 Å². The smallest absolute Gasteiger partial charge is 0.416 e. The minimum Gasteiger partial charge on any atom is -0.444 e. The van der Waals surface area contributed by atoms with Crippen LogP contribution < -0.4 is 5.32 Å². The Bertz CT molecular complexity index is 1010. The number of amides is 1. The van der Waals surface area contributed by atoms with E-state index < -0.39 is 29.5 Å². The van der Waals surface area contributed by atoms with Gasteiger partial charge >= 0.3 is 12.3 Å². The third-order valence-electron chi connectivity index (χ3n) is 4.44. The predicted octanol–water partition coefficient (Wildman–Crippen LogP) is 5.97. The van der Waals surface area contributed by atoms with Crippen LogP contribution >= 0.6 is 0 Å². The van der Waals surface area contributed by atoms with Crippen molar-refractivity contribution in [2.45, 2.75) is 38.6 Å². The van der Waals surface area contributed by atoms with Gasteiger partial charge in [0.25, 0.3) is 0 Å². The number of nitrogens with one attached hydrogen (secondary N) is 1. The van der Waals surface area contributed by atoms with E-state index >= 15 is 0 Å². The number of rotatable bonds is 1. The zero-order valence-electron chi connectivity index (χ0n) is 16.9. The van der Waals surface area contributed by atoms with Gasteiger partial charge in [-0.15, -0.1) is 0 Å². The summed E-state index contributed by atoms with van der Waals surface area (Å²) in [4.78, 5) is 12.4. The van der Waals surface area contributed by atoms with Crippen LogP contribution in [0.4, 0.5) is 18.0 Å². The average Bonchev–Trinajstić information content (AvgIpc) is 2.65. The highest BCUT2D eigenvalue weighted by atomic mass is 19.4. The quantitative estimate of drug-likeness (QED) is 0.586. The van der Waals surface area contributed by atoms with E-state index in [2.05, 4.69) is 17.2 Å².